The summed E-state index contributed by atoms with van der Waals surface area (Å²) < 4.78 is 0. The topological polar surface area (TPSA) is 66.4 Å². The van der Waals surface area contributed by atoms with Gasteiger partial charge in [-0.1, -0.05) is 25.1 Å². The molecule has 15 heavy (non-hydrogen) atoms. The minimum absolute atomic E-state index is 0.142. The molecule has 1 aromatic rings. The summed E-state index contributed by atoms with van der Waals surface area (Å²) in [6.45, 7) is 1.69. The quantitative estimate of drug-likeness (QED) is 0.778. The molecule has 0 aromatic heterocycles. The van der Waals surface area contributed by atoms with Crippen molar-refractivity contribution in [2.24, 2.45) is 5.92 Å². The summed E-state index contributed by atoms with van der Waals surface area (Å²) in [4.78, 5) is 22.0. The fourth-order valence-electron chi connectivity index (χ4n) is 1.02. The molecule has 1 atom stereocenters. The normalized spacial score (nSPS) is 11.8. The van der Waals surface area contributed by atoms with E-state index in [1.807, 2.05) is 6.07 Å². The molecular formula is C11H13NO3. The van der Waals surface area contributed by atoms with Gasteiger partial charge in [0, 0.05) is 12.1 Å². The van der Waals surface area contributed by atoms with Crippen LogP contribution >= 0.6 is 0 Å². The molecule has 0 heterocycles. The lowest BCUT2D eigenvalue weighted by molar-refractivity contribution is -0.140. The average molecular weight is 207 g/mol. The number of hydrogen-bond acceptors (Lipinski definition) is 2. The van der Waals surface area contributed by atoms with Gasteiger partial charge in [0.1, 0.15) is 0 Å². The molecule has 4 heteroatoms. The van der Waals surface area contributed by atoms with E-state index in [2.05, 4.69) is 5.32 Å². The molecule has 1 amide bonds. The number of carboxylic acid groups (broad SMARTS) is 1. The zero-order valence-corrected chi connectivity index (χ0v) is 8.43. The number of carbonyl (C=O) groups excluding carboxylic acids is 1. The number of aliphatic carboxylic acids is 1. The van der Waals surface area contributed by atoms with Gasteiger partial charge in [-0.25, -0.2) is 0 Å². The van der Waals surface area contributed by atoms with Crippen molar-refractivity contribution in [3.8, 4) is 0 Å². The number of benzene rings is 1. The first-order valence-electron chi connectivity index (χ1n) is 4.67. The third-order valence-electron chi connectivity index (χ3n) is 2.03. The van der Waals surface area contributed by atoms with Crippen LogP contribution < -0.4 is 5.32 Å². The Morgan fingerprint density at radius 3 is 2.47 bits per heavy atom. The second-order valence-corrected chi connectivity index (χ2v) is 3.32. The summed E-state index contributed by atoms with van der Waals surface area (Å²) in [5.74, 6) is -1.73. The molecule has 1 rings (SSSR count). The van der Waals surface area contributed by atoms with Gasteiger partial charge >= 0.3 is 5.97 Å². The van der Waals surface area contributed by atoms with Gasteiger partial charge in [0.2, 0.25) is 0 Å². The highest BCUT2D eigenvalue weighted by atomic mass is 16.4. The zero-order valence-electron chi connectivity index (χ0n) is 8.43. The second-order valence-electron chi connectivity index (χ2n) is 3.32. The minimum Gasteiger partial charge on any atom is -0.481 e. The van der Waals surface area contributed by atoms with Crippen LogP contribution in [0.25, 0.3) is 0 Å². The van der Waals surface area contributed by atoms with E-state index in [-0.39, 0.29) is 12.5 Å². The van der Waals surface area contributed by atoms with Crippen molar-refractivity contribution in [1.29, 1.82) is 0 Å². The third-order valence-corrected chi connectivity index (χ3v) is 2.03. The lowest BCUT2D eigenvalue weighted by Crippen LogP contribution is -2.31. The number of amides is 1. The number of hydrogen-bond donors (Lipinski definition) is 2. The molecule has 0 saturated heterocycles. The molecule has 0 fully saturated rings. The number of rotatable bonds is 4. The van der Waals surface area contributed by atoms with Crippen LogP contribution in [-0.2, 0) is 4.79 Å². The summed E-state index contributed by atoms with van der Waals surface area (Å²) in [6.07, 6.45) is 0. The number of carbonyl (C=O) groups is 2. The molecule has 4 nitrogen and oxygen atoms in total. The van der Waals surface area contributed by atoms with Crippen LogP contribution in [0.5, 0.6) is 0 Å². The van der Waals surface area contributed by atoms with Gasteiger partial charge in [0.25, 0.3) is 5.91 Å². The maximum absolute atomic E-state index is 11.5. The second kappa shape index (κ2) is 5.14. The van der Waals surface area contributed by atoms with E-state index in [0.717, 1.165) is 0 Å². The average Bonchev–Trinajstić information content (AvgIpc) is 2.26. The lowest BCUT2D eigenvalue weighted by atomic mass is 10.1. The molecule has 1 aromatic carbocycles. The molecule has 0 unspecified atom stereocenters. The molecule has 0 aliphatic carbocycles. The van der Waals surface area contributed by atoms with E-state index in [1.54, 1.807) is 31.2 Å². The van der Waals surface area contributed by atoms with Crippen LogP contribution in [0.3, 0.4) is 0 Å². The monoisotopic (exact) mass is 207 g/mol. The maximum atomic E-state index is 11.5. The summed E-state index contributed by atoms with van der Waals surface area (Å²) >= 11 is 0. The summed E-state index contributed by atoms with van der Waals surface area (Å²) in [7, 11) is 0. The molecule has 0 aliphatic heterocycles. The first-order chi connectivity index (χ1) is 7.11. The highest BCUT2D eigenvalue weighted by molar-refractivity contribution is 5.94. The van der Waals surface area contributed by atoms with Crippen molar-refractivity contribution in [3.63, 3.8) is 0 Å². The Balaban J connectivity index is 2.47. The Morgan fingerprint density at radius 2 is 1.93 bits per heavy atom. The lowest BCUT2D eigenvalue weighted by Gasteiger charge is -2.07. The highest BCUT2D eigenvalue weighted by Crippen LogP contribution is 1.99. The van der Waals surface area contributed by atoms with Gasteiger partial charge in [-0.2, -0.15) is 0 Å². The van der Waals surface area contributed by atoms with Crippen molar-refractivity contribution >= 4 is 11.9 Å². The fourth-order valence-corrected chi connectivity index (χ4v) is 1.02. The zero-order chi connectivity index (χ0) is 11.3. The van der Waals surface area contributed by atoms with Crippen molar-refractivity contribution in [3.05, 3.63) is 35.9 Å². The number of nitrogens with one attached hydrogen (secondary N) is 1. The first-order valence-corrected chi connectivity index (χ1v) is 4.67. The van der Waals surface area contributed by atoms with Crippen LogP contribution in [0.15, 0.2) is 30.3 Å². The van der Waals surface area contributed by atoms with Gasteiger partial charge in [0.05, 0.1) is 5.92 Å². The van der Waals surface area contributed by atoms with Gasteiger partial charge in [-0.05, 0) is 12.1 Å². The van der Waals surface area contributed by atoms with Gasteiger partial charge in [-0.15, -0.1) is 0 Å². The van der Waals surface area contributed by atoms with Gasteiger partial charge < -0.3 is 10.4 Å². The van der Waals surface area contributed by atoms with E-state index in [4.69, 9.17) is 5.11 Å². The molecule has 0 saturated carbocycles. The largest absolute Gasteiger partial charge is 0.481 e. The maximum Gasteiger partial charge on any atom is 0.308 e. The predicted octanol–water partition coefficient (Wildman–Crippen LogP) is 1.14. The highest BCUT2D eigenvalue weighted by Gasteiger charge is 2.12. The van der Waals surface area contributed by atoms with E-state index < -0.39 is 11.9 Å². The summed E-state index contributed by atoms with van der Waals surface area (Å²) in [5.41, 5.74) is 0.537. The van der Waals surface area contributed by atoms with Crippen LogP contribution in [0.2, 0.25) is 0 Å². The Hall–Kier alpha value is -1.84. The van der Waals surface area contributed by atoms with Crippen molar-refractivity contribution in [2.45, 2.75) is 6.92 Å². The molecule has 2 N–H and O–H groups in total. The van der Waals surface area contributed by atoms with Crippen LogP contribution in [0.1, 0.15) is 17.3 Å². The molecular weight excluding hydrogens is 194 g/mol. The molecule has 0 radical (unpaired) electrons. The Bertz CT molecular complexity index is 348. The predicted molar refractivity (Wildman–Crippen MR) is 55.6 cm³/mol. The van der Waals surface area contributed by atoms with E-state index in [9.17, 15) is 9.59 Å². The minimum atomic E-state index is -0.914. The van der Waals surface area contributed by atoms with E-state index in [0.29, 0.717) is 5.56 Å². The molecule has 0 aliphatic rings. The van der Waals surface area contributed by atoms with Crippen LogP contribution in [-0.4, -0.2) is 23.5 Å². The first kappa shape index (κ1) is 11.2. The van der Waals surface area contributed by atoms with Crippen molar-refractivity contribution in [2.75, 3.05) is 6.54 Å². The summed E-state index contributed by atoms with van der Waals surface area (Å²) in [6, 6.07) is 8.70. The third kappa shape index (κ3) is 3.42. The Kier molecular flexibility index (Phi) is 3.85. The van der Waals surface area contributed by atoms with Crippen molar-refractivity contribution < 1.29 is 14.7 Å². The summed E-state index contributed by atoms with van der Waals surface area (Å²) in [5, 5.41) is 11.2. The van der Waals surface area contributed by atoms with Gasteiger partial charge in [-0.3, -0.25) is 9.59 Å². The number of carboxylic acids is 1. The molecule has 0 bridgehead atoms. The van der Waals surface area contributed by atoms with Gasteiger partial charge in [0.15, 0.2) is 0 Å². The van der Waals surface area contributed by atoms with Crippen LogP contribution in [0.4, 0.5) is 0 Å². The van der Waals surface area contributed by atoms with E-state index >= 15 is 0 Å². The standard InChI is InChI=1S/C11H13NO3/c1-8(11(14)15)7-12-10(13)9-5-3-2-4-6-9/h2-6,8H,7H2,1H3,(H,12,13)(H,14,15)/t8-/m1/s1. The SMILES string of the molecule is C[C@H](CNC(=O)c1ccccc1)C(=O)O. The Morgan fingerprint density at radius 1 is 1.33 bits per heavy atom. The smallest absolute Gasteiger partial charge is 0.308 e. The van der Waals surface area contributed by atoms with Crippen LogP contribution in [0, 0.1) is 5.92 Å². The molecule has 80 valence electrons. The molecule has 0 spiro atoms. The van der Waals surface area contributed by atoms with Crippen molar-refractivity contribution in [1.82, 2.24) is 5.32 Å². The fraction of sp³-hybridized carbons (Fsp3) is 0.273. The Labute approximate surface area is 87.9 Å². The van der Waals surface area contributed by atoms with E-state index in [1.165, 1.54) is 0 Å².